The molecule has 1 fully saturated rings. The summed E-state index contributed by atoms with van der Waals surface area (Å²) in [4.78, 5) is 37.8. The minimum Gasteiger partial charge on any atom is -0.394 e. The lowest BCUT2D eigenvalue weighted by Crippen LogP contribution is -2.43. The van der Waals surface area contributed by atoms with Crippen LogP contribution in [0.5, 0.6) is 0 Å². The van der Waals surface area contributed by atoms with E-state index in [1.807, 2.05) is 0 Å². The molecule has 216 valence electrons. The number of rotatable bonds is 10. The van der Waals surface area contributed by atoms with Gasteiger partial charge in [-0.25, -0.2) is 4.79 Å². The molecule has 1 aliphatic rings. The van der Waals surface area contributed by atoms with Gasteiger partial charge in [0, 0.05) is 36.4 Å². The van der Waals surface area contributed by atoms with Gasteiger partial charge in [0.15, 0.2) is 0 Å². The van der Waals surface area contributed by atoms with Gasteiger partial charge in [-0.05, 0) is 19.1 Å². The Morgan fingerprint density at radius 1 is 1.23 bits per heavy atom. The van der Waals surface area contributed by atoms with Crippen LogP contribution in [0.25, 0.3) is 0 Å². The van der Waals surface area contributed by atoms with Crippen LogP contribution >= 0.6 is 0 Å². The molecule has 1 amide bonds. The summed E-state index contributed by atoms with van der Waals surface area (Å²) in [5.74, 6) is -0.699. The molecule has 3 atom stereocenters. The Balaban J connectivity index is 1.57. The van der Waals surface area contributed by atoms with Crippen LogP contribution in [0.3, 0.4) is 0 Å². The van der Waals surface area contributed by atoms with Crippen LogP contribution in [0, 0.1) is 6.92 Å². The Morgan fingerprint density at radius 2 is 1.92 bits per heavy atom. The van der Waals surface area contributed by atoms with Gasteiger partial charge < -0.3 is 25.0 Å². The first kappa shape index (κ1) is 30.5. The first-order chi connectivity index (χ1) is 18.1. The first-order valence-corrected chi connectivity index (χ1v) is 12.3. The van der Waals surface area contributed by atoms with Crippen LogP contribution in [0.2, 0.25) is 0 Å². The number of hydrogen-bond donors (Lipinski definition) is 3. The smallest absolute Gasteiger partial charge is 0.394 e. The highest BCUT2D eigenvalue weighted by Crippen LogP contribution is 2.38. The molecule has 0 radical (unpaired) electrons. The fourth-order valence-electron chi connectivity index (χ4n) is 4.30. The molecule has 39 heavy (non-hydrogen) atoms. The lowest BCUT2D eigenvalue weighted by molar-refractivity contribution is -0.137. The number of aliphatic hydroxyl groups excluding tert-OH is 2. The third kappa shape index (κ3) is 7.13. The normalized spacial score (nSPS) is 19.9. The monoisotopic (exact) mass is 559 g/mol. The van der Waals surface area contributed by atoms with Crippen LogP contribution in [0.15, 0.2) is 34.0 Å². The molecule has 3 rings (SSSR count). The summed E-state index contributed by atoms with van der Waals surface area (Å²) in [6.45, 7) is 0.920. The summed E-state index contributed by atoms with van der Waals surface area (Å²) < 4.78 is 53.7. The largest absolute Gasteiger partial charge is 0.422 e. The van der Waals surface area contributed by atoms with Crippen molar-refractivity contribution in [3.8, 4) is 0 Å². The Hall–Kier alpha value is -3.04. The molecule has 1 saturated heterocycles. The zero-order valence-corrected chi connectivity index (χ0v) is 22.2. The molecule has 1 aromatic heterocycles. The average molecular weight is 560 g/mol. The minimum absolute atomic E-state index is 0.0133. The van der Waals surface area contributed by atoms with E-state index in [9.17, 15) is 37.8 Å². The van der Waals surface area contributed by atoms with E-state index in [1.54, 1.807) is 21.1 Å². The third-order valence-electron chi connectivity index (χ3n) is 6.34. The number of quaternary nitrogens is 1. The van der Waals surface area contributed by atoms with Crippen LogP contribution in [0.1, 0.15) is 34.1 Å². The van der Waals surface area contributed by atoms with E-state index in [0.717, 1.165) is 10.6 Å². The number of ether oxygens (including phenoxy) is 2. The molecule has 3 N–H and O–H groups in total. The number of nitrogens with one attached hydrogen (secondary N) is 1. The molecule has 0 saturated carbocycles. The van der Waals surface area contributed by atoms with Gasteiger partial charge in [-0.2, -0.15) is 13.2 Å². The van der Waals surface area contributed by atoms with Crippen molar-refractivity contribution in [3.05, 3.63) is 61.9 Å². The third-order valence-corrected chi connectivity index (χ3v) is 6.34. The maximum atomic E-state index is 13.6. The van der Waals surface area contributed by atoms with Gasteiger partial charge in [0.05, 0.1) is 53.6 Å². The van der Waals surface area contributed by atoms with E-state index in [2.05, 4.69) is 5.32 Å². The van der Waals surface area contributed by atoms with Crippen molar-refractivity contribution < 1.29 is 37.7 Å². The van der Waals surface area contributed by atoms with Crippen molar-refractivity contribution >= 4 is 11.6 Å². The molecule has 0 bridgehead atoms. The molecule has 0 spiro atoms. The van der Waals surface area contributed by atoms with Gasteiger partial charge in [0.2, 0.25) is 0 Å². The predicted octanol–water partition coefficient (Wildman–Crippen LogP) is 0.621. The number of alkyl halides is 3. The number of nitrogens with zero attached hydrogens (tertiary/aromatic N) is 3. The molecule has 2 heterocycles. The standard InChI is InChI=1S/C25H33F3N4O7/c1-15-13-31(21-12-19(34)20(14-33)39-21)24(37)30(23(15)36)8-10-38-9-7-29-22(35)16-5-6-18(32(2,3)4)17(11-16)25(26,27)28/h5-6,11,13,19-21,33-34H,7-10,12,14H2,1-4H3/p+1/t19-,20+,21+/m0/s1. The lowest BCUT2D eigenvalue weighted by atomic mass is 10.1. The Kier molecular flexibility index (Phi) is 9.39. The summed E-state index contributed by atoms with van der Waals surface area (Å²) in [5, 5.41) is 21.7. The number of hydrogen-bond acceptors (Lipinski definition) is 7. The molecular weight excluding hydrogens is 525 g/mol. The van der Waals surface area contributed by atoms with Crippen molar-refractivity contribution in [1.29, 1.82) is 0 Å². The molecular formula is C25H34F3N4O7+. The van der Waals surface area contributed by atoms with Crippen LogP contribution in [-0.2, 0) is 22.2 Å². The zero-order chi connectivity index (χ0) is 29.1. The number of carbonyl (C=O) groups excluding carboxylic acids is 1. The summed E-state index contributed by atoms with van der Waals surface area (Å²) in [7, 11) is 4.80. The van der Waals surface area contributed by atoms with Gasteiger partial charge in [-0.3, -0.25) is 23.2 Å². The molecule has 0 aliphatic carbocycles. The highest BCUT2D eigenvalue weighted by molar-refractivity contribution is 5.94. The predicted molar refractivity (Wildman–Crippen MR) is 135 cm³/mol. The summed E-state index contributed by atoms with van der Waals surface area (Å²) in [6, 6.07) is 3.43. The number of halogens is 3. The van der Waals surface area contributed by atoms with E-state index < -0.39 is 53.9 Å². The molecule has 1 aromatic carbocycles. The second-order valence-electron chi connectivity index (χ2n) is 10.2. The van der Waals surface area contributed by atoms with Crippen LogP contribution < -0.4 is 21.0 Å². The molecule has 1 aliphatic heterocycles. The molecule has 14 heteroatoms. The number of aliphatic hydroxyl groups is 2. The second-order valence-corrected chi connectivity index (χ2v) is 10.2. The SMILES string of the molecule is Cc1cn([C@H]2C[C@H](O)[C@@H](CO)O2)c(=O)n(CCOCCNC(=O)c2ccc([N+](C)(C)C)c(C(F)(F)F)c2)c1=O. The number of amides is 1. The van der Waals surface area contributed by atoms with Gasteiger partial charge in [-0.1, -0.05) is 0 Å². The quantitative estimate of drug-likeness (QED) is 0.287. The number of benzene rings is 1. The van der Waals surface area contributed by atoms with Crippen molar-refractivity contribution in [2.75, 3.05) is 47.5 Å². The molecule has 0 unspecified atom stereocenters. The van der Waals surface area contributed by atoms with Crippen molar-refractivity contribution in [2.24, 2.45) is 0 Å². The Bertz CT molecular complexity index is 1300. The number of carbonyl (C=O) groups is 1. The highest BCUT2D eigenvalue weighted by Gasteiger charge is 2.39. The van der Waals surface area contributed by atoms with E-state index in [0.29, 0.717) is 0 Å². The fourth-order valence-corrected chi connectivity index (χ4v) is 4.30. The summed E-state index contributed by atoms with van der Waals surface area (Å²) in [5.41, 5.74) is -1.94. The van der Waals surface area contributed by atoms with Crippen LogP contribution in [-0.4, -0.2) is 85.0 Å². The summed E-state index contributed by atoms with van der Waals surface area (Å²) in [6.07, 6.45) is -5.86. The van der Waals surface area contributed by atoms with E-state index in [4.69, 9.17) is 9.47 Å². The van der Waals surface area contributed by atoms with Crippen molar-refractivity contribution in [2.45, 2.75) is 44.5 Å². The first-order valence-electron chi connectivity index (χ1n) is 12.3. The van der Waals surface area contributed by atoms with E-state index >= 15 is 0 Å². The van der Waals surface area contributed by atoms with E-state index in [-0.39, 0.29) is 54.0 Å². The fraction of sp³-hybridized carbons (Fsp3) is 0.560. The second kappa shape index (κ2) is 12.0. The zero-order valence-electron chi connectivity index (χ0n) is 22.2. The van der Waals surface area contributed by atoms with Crippen molar-refractivity contribution in [3.63, 3.8) is 0 Å². The minimum atomic E-state index is -4.63. The maximum absolute atomic E-state index is 13.6. The molecule has 11 nitrogen and oxygen atoms in total. The molecule has 2 aromatic rings. The summed E-state index contributed by atoms with van der Waals surface area (Å²) >= 11 is 0. The number of aromatic nitrogens is 2. The van der Waals surface area contributed by atoms with Crippen molar-refractivity contribution in [1.82, 2.24) is 18.9 Å². The van der Waals surface area contributed by atoms with Gasteiger partial charge in [0.1, 0.15) is 23.6 Å². The van der Waals surface area contributed by atoms with E-state index in [1.165, 1.54) is 29.8 Å². The van der Waals surface area contributed by atoms with Gasteiger partial charge in [0.25, 0.3) is 11.5 Å². The van der Waals surface area contributed by atoms with Gasteiger partial charge in [-0.15, -0.1) is 0 Å². The van der Waals surface area contributed by atoms with Gasteiger partial charge >= 0.3 is 11.9 Å². The average Bonchev–Trinajstić information content (AvgIpc) is 3.23. The highest BCUT2D eigenvalue weighted by atomic mass is 19.4. The number of aryl methyl sites for hydroxylation is 1. The lowest BCUT2D eigenvalue weighted by Gasteiger charge is -2.27. The van der Waals surface area contributed by atoms with Crippen LogP contribution in [0.4, 0.5) is 18.9 Å². The topological polar surface area (TPSA) is 132 Å². The Morgan fingerprint density at radius 3 is 2.51 bits per heavy atom. The maximum Gasteiger partial charge on any atom is 0.422 e. The Labute approximate surface area is 222 Å².